The number of hydrogen-bond acceptors (Lipinski definition) is 8. The highest BCUT2D eigenvalue weighted by atomic mass is 16.5. The number of allylic oxidation sites excluding steroid dienone is 3. The Hall–Kier alpha value is -1.33. The van der Waals surface area contributed by atoms with E-state index < -0.39 is 61.8 Å². The van der Waals surface area contributed by atoms with Crippen LogP contribution in [0, 0.1) is 5.92 Å². The Labute approximate surface area is 349 Å². The molecule has 8 atom stereocenters. The number of hydrogen-bond donors (Lipinski definition) is 7. The van der Waals surface area contributed by atoms with Crippen LogP contribution in [-0.4, -0.2) is 92.4 Å². The lowest BCUT2D eigenvalue weighted by molar-refractivity contribution is -0.249. The topological polar surface area (TPSA) is 160 Å². The van der Waals surface area contributed by atoms with Crippen molar-refractivity contribution >= 4 is 5.91 Å². The van der Waals surface area contributed by atoms with Crippen molar-refractivity contribution in [3.05, 3.63) is 24.3 Å². The summed E-state index contributed by atoms with van der Waals surface area (Å²) in [5.41, 5.74) is 0. The molecule has 336 valence electrons. The van der Waals surface area contributed by atoms with E-state index in [1.54, 1.807) is 6.08 Å². The molecular formula is C48H91NO8. The van der Waals surface area contributed by atoms with Crippen LogP contribution in [0.25, 0.3) is 0 Å². The third kappa shape index (κ3) is 26.5. The fourth-order valence-electron chi connectivity index (χ4n) is 8.18. The zero-order valence-electron chi connectivity index (χ0n) is 36.8. The van der Waals surface area contributed by atoms with Gasteiger partial charge < -0.3 is 40.7 Å². The molecule has 9 heteroatoms. The van der Waals surface area contributed by atoms with Gasteiger partial charge in [-0.3, -0.25) is 4.79 Å². The van der Waals surface area contributed by atoms with Crippen molar-refractivity contribution in [1.82, 2.24) is 5.32 Å². The molecule has 0 aromatic heterocycles. The van der Waals surface area contributed by atoms with Crippen LogP contribution in [0.2, 0.25) is 0 Å². The molecule has 1 amide bonds. The average molecular weight is 810 g/mol. The number of aliphatic hydroxyl groups is 6. The Morgan fingerprint density at radius 3 is 1.39 bits per heavy atom. The highest BCUT2D eigenvalue weighted by Gasteiger charge is 2.49. The maximum absolute atomic E-state index is 13.0. The van der Waals surface area contributed by atoms with E-state index in [0.29, 0.717) is 6.42 Å². The van der Waals surface area contributed by atoms with Crippen molar-refractivity contribution < 1.29 is 40.2 Å². The lowest BCUT2D eigenvalue weighted by atomic mass is 9.80. The fourth-order valence-corrected chi connectivity index (χ4v) is 8.18. The van der Waals surface area contributed by atoms with Gasteiger partial charge in [0.05, 0.1) is 31.5 Å². The SMILES string of the molecule is CCCCCCCCCCCCC=CC(O)C(C(CO)NC(=O)CCCCC=CCCCCCCCCCCCCCCCCC)C1O[C@H](CO)[C@@H](O)[C@H](O)[C@H]1O. The van der Waals surface area contributed by atoms with E-state index in [2.05, 4.69) is 31.3 Å². The molecule has 7 N–H and O–H groups in total. The minimum Gasteiger partial charge on any atom is -0.394 e. The van der Waals surface area contributed by atoms with Crippen LogP contribution in [0.15, 0.2) is 24.3 Å². The Kier molecular flexibility index (Phi) is 35.5. The van der Waals surface area contributed by atoms with Gasteiger partial charge in [-0.15, -0.1) is 0 Å². The molecule has 4 unspecified atom stereocenters. The second-order valence-corrected chi connectivity index (χ2v) is 17.1. The number of unbranched alkanes of at least 4 members (excludes halogenated alkanes) is 27. The van der Waals surface area contributed by atoms with Crippen molar-refractivity contribution in [2.45, 2.75) is 256 Å². The van der Waals surface area contributed by atoms with E-state index >= 15 is 0 Å². The first kappa shape index (κ1) is 53.7. The second kappa shape index (κ2) is 37.7. The first-order chi connectivity index (χ1) is 27.8. The van der Waals surface area contributed by atoms with Gasteiger partial charge in [0.25, 0.3) is 0 Å². The molecule has 0 aromatic carbocycles. The van der Waals surface area contributed by atoms with E-state index in [4.69, 9.17) is 4.74 Å². The Bertz CT molecular complexity index is 961. The van der Waals surface area contributed by atoms with Crippen molar-refractivity contribution in [2.24, 2.45) is 5.92 Å². The van der Waals surface area contributed by atoms with E-state index in [9.17, 15) is 35.4 Å². The van der Waals surface area contributed by atoms with Gasteiger partial charge in [-0.25, -0.2) is 0 Å². The summed E-state index contributed by atoms with van der Waals surface area (Å²) < 4.78 is 5.83. The fraction of sp³-hybridized carbons (Fsp3) is 0.896. The molecule has 1 fully saturated rings. The van der Waals surface area contributed by atoms with Gasteiger partial charge >= 0.3 is 0 Å². The van der Waals surface area contributed by atoms with Crippen LogP contribution < -0.4 is 5.32 Å². The maximum atomic E-state index is 13.0. The summed E-state index contributed by atoms with van der Waals surface area (Å²) >= 11 is 0. The predicted molar refractivity (Wildman–Crippen MR) is 235 cm³/mol. The number of carbonyl (C=O) groups is 1. The van der Waals surface area contributed by atoms with Gasteiger partial charge in [0.2, 0.25) is 5.91 Å². The summed E-state index contributed by atoms with van der Waals surface area (Å²) in [5, 5.41) is 66.2. The Morgan fingerprint density at radius 1 is 0.561 bits per heavy atom. The predicted octanol–water partition coefficient (Wildman–Crippen LogP) is 9.53. The largest absolute Gasteiger partial charge is 0.394 e. The van der Waals surface area contributed by atoms with E-state index in [1.807, 2.05) is 6.08 Å². The molecule has 1 heterocycles. The van der Waals surface area contributed by atoms with Crippen molar-refractivity contribution in [1.29, 1.82) is 0 Å². The first-order valence-electron chi connectivity index (χ1n) is 24.0. The van der Waals surface area contributed by atoms with E-state index in [-0.39, 0.29) is 12.3 Å². The molecule has 1 rings (SSSR count). The number of aliphatic hydroxyl groups excluding tert-OH is 6. The van der Waals surface area contributed by atoms with Gasteiger partial charge in [-0.05, 0) is 44.9 Å². The number of nitrogens with one attached hydrogen (secondary N) is 1. The molecule has 1 saturated heterocycles. The first-order valence-corrected chi connectivity index (χ1v) is 24.0. The monoisotopic (exact) mass is 810 g/mol. The smallest absolute Gasteiger partial charge is 0.220 e. The summed E-state index contributed by atoms with van der Waals surface area (Å²) in [6.07, 6.45) is 36.7. The Morgan fingerprint density at radius 2 is 0.965 bits per heavy atom. The van der Waals surface area contributed by atoms with Crippen LogP contribution in [0.1, 0.15) is 213 Å². The number of rotatable bonds is 39. The van der Waals surface area contributed by atoms with Crippen LogP contribution in [0.5, 0.6) is 0 Å². The second-order valence-electron chi connectivity index (χ2n) is 17.1. The highest BCUT2D eigenvalue weighted by molar-refractivity contribution is 5.76. The standard InChI is InChI=1S/C48H91NO8/c1-3-5-7-9-11-13-15-17-18-19-20-21-22-23-24-25-27-29-31-33-35-37-43(53)49-40(38-50)44(48-47(56)46(55)45(54)42(39-51)57-48)41(52)36-34-32-30-28-26-16-14-12-10-8-6-4-2/h27,29,34,36,40-42,44-48,50-52,54-56H,3-26,28,30-33,35,37-39H2,1-2H3,(H,49,53)/t40?,41?,42-,44?,45-,46+,47-,48?/m1/s1. The summed E-state index contributed by atoms with van der Waals surface area (Å²) in [6, 6.07) is -0.995. The van der Waals surface area contributed by atoms with Crippen LogP contribution in [0.3, 0.4) is 0 Å². The summed E-state index contributed by atoms with van der Waals surface area (Å²) in [7, 11) is 0. The van der Waals surface area contributed by atoms with Gasteiger partial charge in [-0.1, -0.05) is 186 Å². The average Bonchev–Trinajstić information content (AvgIpc) is 3.21. The summed E-state index contributed by atoms with van der Waals surface area (Å²) in [5.74, 6) is -1.33. The zero-order valence-corrected chi connectivity index (χ0v) is 36.8. The minimum atomic E-state index is -1.63. The van der Waals surface area contributed by atoms with Gasteiger partial charge in [0, 0.05) is 12.3 Å². The van der Waals surface area contributed by atoms with E-state index in [0.717, 1.165) is 38.5 Å². The maximum Gasteiger partial charge on any atom is 0.220 e. The molecule has 0 aromatic rings. The number of carbonyl (C=O) groups excluding carboxylic acids is 1. The molecule has 9 nitrogen and oxygen atoms in total. The molecule has 1 aliphatic rings. The van der Waals surface area contributed by atoms with Crippen molar-refractivity contribution in [3.63, 3.8) is 0 Å². The molecular weight excluding hydrogens is 719 g/mol. The summed E-state index contributed by atoms with van der Waals surface area (Å²) in [6.45, 7) is 3.37. The molecule has 1 aliphatic heterocycles. The zero-order chi connectivity index (χ0) is 41.8. The van der Waals surface area contributed by atoms with Crippen LogP contribution >= 0.6 is 0 Å². The normalized spacial score (nSPS) is 21.7. The summed E-state index contributed by atoms with van der Waals surface area (Å²) in [4.78, 5) is 13.0. The molecule has 0 saturated carbocycles. The third-order valence-electron chi connectivity index (χ3n) is 11.9. The lowest BCUT2D eigenvalue weighted by Gasteiger charge is -2.45. The third-order valence-corrected chi connectivity index (χ3v) is 11.9. The van der Waals surface area contributed by atoms with E-state index in [1.165, 1.54) is 148 Å². The van der Waals surface area contributed by atoms with Crippen LogP contribution in [-0.2, 0) is 9.53 Å². The molecule has 57 heavy (non-hydrogen) atoms. The lowest BCUT2D eigenvalue weighted by Crippen LogP contribution is -2.64. The minimum absolute atomic E-state index is 0.245. The van der Waals surface area contributed by atoms with Crippen LogP contribution in [0.4, 0.5) is 0 Å². The number of amides is 1. The molecule has 0 radical (unpaired) electrons. The molecule has 0 spiro atoms. The quantitative estimate of drug-likeness (QED) is 0.0239. The molecule has 0 aliphatic carbocycles. The van der Waals surface area contributed by atoms with Gasteiger partial charge in [0.15, 0.2) is 0 Å². The van der Waals surface area contributed by atoms with Gasteiger partial charge in [0.1, 0.15) is 24.4 Å². The van der Waals surface area contributed by atoms with Crippen molar-refractivity contribution in [2.75, 3.05) is 13.2 Å². The highest BCUT2D eigenvalue weighted by Crippen LogP contribution is 2.31. The van der Waals surface area contributed by atoms with Gasteiger partial charge in [-0.2, -0.15) is 0 Å². The number of ether oxygens (including phenoxy) is 1. The van der Waals surface area contributed by atoms with Crippen molar-refractivity contribution in [3.8, 4) is 0 Å². The Balaban J connectivity index is 2.41. The molecule has 0 bridgehead atoms.